The summed E-state index contributed by atoms with van der Waals surface area (Å²) in [6.45, 7) is 4.81. The van der Waals surface area contributed by atoms with Gasteiger partial charge in [-0.25, -0.2) is 4.98 Å². The van der Waals surface area contributed by atoms with E-state index >= 15 is 0 Å². The summed E-state index contributed by atoms with van der Waals surface area (Å²) in [6, 6.07) is 1.91. The molecule has 0 amide bonds. The van der Waals surface area contributed by atoms with Gasteiger partial charge in [0.05, 0.1) is 6.61 Å². The lowest BCUT2D eigenvalue weighted by atomic mass is 10.3. The molecule has 0 aromatic carbocycles. The first-order chi connectivity index (χ1) is 9.69. The number of rotatable bonds is 9. The molecule has 0 spiro atoms. The summed E-state index contributed by atoms with van der Waals surface area (Å²) in [7, 11) is 4.18. The molecule has 5 nitrogen and oxygen atoms in total. The second kappa shape index (κ2) is 7.43. The lowest BCUT2D eigenvalue weighted by Crippen LogP contribution is -2.17. The van der Waals surface area contributed by atoms with Crippen LogP contribution in [-0.4, -0.2) is 48.7 Å². The Morgan fingerprint density at radius 3 is 2.80 bits per heavy atom. The van der Waals surface area contributed by atoms with Gasteiger partial charge in [0.25, 0.3) is 0 Å². The van der Waals surface area contributed by atoms with E-state index in [1.54, 1.807) is 0 Å². The van der Waals surface area contributed by atoms with Crippen LogP contribution in [0.15, 0.2) is 6.07 Å². The van der Waals surface area contributed by atoms with Gasteiger partial charge in [-0.05, 0) is 46.3 Å². The molecule has 1 saturated carbocycles. The molecule has 1 fully saturated rings. The number of aromatic nitrogens is 2. The monoisotopic (exact) mass is 278 g/mol. The Bertz CT molecular complexity index is 418. The van der Waals surface area contributed by atoms with E-state index in [0.717, 1.165) is 37.6 Å². The van der Waals surface area contributed by atoms with Crippen LogP contribution in [0.2, 0.25) is 0 Å². The summed E-state index contributed by atoms with van der Waals surface area (Å²) in [4.78, 5) is 11.3. The molecule has 1 aromatic heterocycles. The molecule has 0 bridgehead atoms. The van der Waals surface area contributed by atoms with E-state index in [4.69, 9.17) is 4.74 Å². The van der Waals surface area contributed by atoms with E-state index in [9.17, 15) is 0 Å². The van der Waals surface area contributed by atoms with Crippen LogP contribution >= 0.6 is 0 Å². The van der Waals surface area contributed by atoms with Gasteiger partial charge in [0.15, 0.2) is 0 Å². The minimum absolute atomic E-state index is 0.544. The minimum Gasteiger partial charge on any atom is -0.478 e. The Kier molecular flexibility index (Phi) is 5.59. The molecular weight excluding hydrogens is 252 g/mol. The van der Waals surface area contributed by atoms with Crippen LogP contribution in [0.1, 0.15) is 44.3 Å². The second-order valence-corrected chi connectivity index (χ2v) is 5.66. The number of ether oxygens (including phenoxy) is 1. The van der Waals surface area contributed by atoms with Crippen molar-refractivity contribution in [3.8, 4) is 5.88 Å². The van der Waals surface area contributed by atoms with E-state index in [1.165, 1.54) is 12.8 Å². The Hall–Kier alpha value is -1.36. The smallest absolute Gasteiger partial charge is 0.218 e. The Balaban J connectivity index is 1.93. The standard InChI is InChI=1S/C15H26N4O/c1-4-10-20-14-11-13(16-8-5-9-19(2)3)17-15(18-14)12-6-7-12/h11-12H,4-10H2,1-3H3,(H,16,17,18). The zero-order valence-corrected chi connectivity index (χ0v) is 12.9. The highest BCUT2D eigenvalue weighted by atomic mass is 16.5. The maximum Gasteiger partial charge on any atom is 0.218 e. The molecule has 1 aliphatic rings. The van der Waals surface area contributed by atoms with Crippen LogP contribution in [-0.2, 0) is 0 Å². The van der Waals surface area contributed by atoms with Crippen molar-refractivity contribution in [1.29, 1.82) is 0 Å². The Labute approximate surface area is 121 Å². The fourth-order valence-electron chi connectivity index (χ4n) is 1.95. The van der Waals surface area contributed by atoms with Gasteiger partial charge in [0.1, 0.15) is 11.6 Å². The quantitative estimate of drug-likeness (QED) is 0.703. The summed E-state index contributed by atoms with van der Waals surface area (Å²) in [6.07, 6.45) is 4.50. The van der Waals surface area contributed by atoms with Gasteiger partial charge in [-0.15, -0.1) is 0 Å². The predicted octanol–water partition coefficient (Wildman–Crippen LogP) is 2.51. The van der Waals surface area contributed by atoms with Crippen molar-refractivity contribution in [2.45, 2.75) is 38.5 Å². The van der Waals surface area contributed by atoms with Crippen molar-refractivity contribution in [3.63, 3.8) is 0 Å². The zero-order valence-electron chi connectivity index (χ0n) is 12.9. The third-order valence-corrected chi connectivity index (χ3v) is 3.20. The number of nitrogens with one attached hydrogen (secondary N) is 1. The first-order valence-corrected chi connectivity index (χ1v) is 7.59. The fraction of sp³-hybridized carbons (Fsp3) is 0.733. The van der Waals surface area contributed by atoms with Crippen molar-refractivity contribution in [2.75, 3.05) is 39.1 Å². The van der Waals surface area contributed by atoms with Gasteiger partial charge in [-0.1, -0.05) is 6.92 Å². The molecule has 0 saturated heterocycles. The average Bonchev–Trinajstić information content (AvgIpc) is 3.25. The van der Waals surface area contributed by atoms with E-state index < -0.39 is 0 Å². The Morgan fingerprint density at radius 2 is 2.15 bits per heavy atom. The number of anilines is 1. The van der Waals surface area contributed by atoms with Crippen molar-refractivity contribution < 1.29 is 4.74 Å². The van der Waals surface area contributed by atoms with E-state index in [-0.39, 0.29) is 0 Å². The number of hydrogen-bond donors (Lipinski definition) is 1. The molecule has 1 N–H and O–H groups in total. The summed E-state index contributed by atoms with van der Waals surface area (Å²) >= 11 is 0. The lowest BCUT2D eigenvalue weighted by molar-refractivity contribution is 0.303. The van der Waals surface area contributed by atoms with Crippen LogP contribution in [0.25, 0.3) is 0 Å². The molecule has 112 valence electrons. The van der Waals surface area contributed by atoms with Crippen LogP contribution in [0, 0.1) is 0 Å². The minimum atomic E-state index is 0.544. The molecule has 1 heterocycles. The normalized spacial score (nSPS) is 14.6. The summed E-state index contributed by atoms with van der Waals surface area (Å²) < 4.78 is 5.66. The molecular formula is C15H26N4O. The molecule has 1 aromatic rings. The van der Waals surface area contributed by atoms with Crippen molar-refractivity contribution in [3.05, 3.63) is 11.9 Å². The number of nitrogens with zero attached hydrogens (tertiary/aromatic N) is 3. The maximum absolute atomic E-state index is 5.66. The predicted molar refractivity (Wildman–Crippen MR) is 81.5 cm³/mol. The molecule has 0 atom stereocenters. The van der Waals surface area contributed by atoms with E-state index in [2.05, 4.69) is 41.2 Å². The average molecular weight is 278 g/mol. The van der Waals surface area contributed by atoms with Gasteiger partial charge >= 0.3 is 0 Å². The SMILES string of the molecule is CCCOc1cc(NCCCN(C)C)nc(C2CC2)n1. The largest absolute Gasteiger partial charge is 0.478 e. The molecule has 0 aliphatic heterocycles. The van der Waals surface area contributed by atoms with Crippen molar-refractivity contribution in [1.82, 2.24) is 14.9 Å². The third kappa shape index (κ3) is 4.96. The first-order valence-electron chi connectivity index (χ1n) is 7.59. The van der Waals surface area contributed by atoms with Gasteiger partial charge in [-0.3, -0.25) is 0 Å². The van der Waals surface area contributed by atoms with E-state index in [0.29, 0.717) is 18.4 Å². The van der Waals surface area contributed by atoms with Gasteiger partial charge < -0.3 is 15.0 Å². The van der Waals surface area contributed by atoms with Crippen molar-refractivity contribution >= 4 is 5.82 Å². The highest BCUT2D eigenvalue weighted by Crippen LogP contribution is 2.39. The number of hydrogen-bond acceptors (Lipinski definition) is 5. The maximum atomic E-state index is 5.66. The van der Waals surface area contributed by atoms with Gasteiger partial charge in [0, 0.05) is 18.5 Å². The van der Waals surface area contributed by atoms with Crippen molar-refractivity contribution in [2.24, 2.45) is 0 Å². The second-order valence-electron chi connectivity index (χ2n) is 5.66. The zero-order chi connectivity index (χ0) is 14.4. The van der Waals surface area contributed by atoms with Gasteiger partial charge in [0.2, 0.25) is 5.88 Å². The lowest BCUT2D eigenvalue weighted by Gasteiger charge is -2.12. The molecule has 0 unspecified atom stereocenters. The molecule has 0 radical (unpaired) electrons. The summed E-state index contributed by atoms with van der Waals surface area (Å²) in [5, 5.41) is 3.38. The first kappa shape index (κ1) is 15.0. The molecule has 2 rings (SSSR count). The topological polar surface area (TPSA) is 50.3 Å². The molecule has 1 aliphatic carbocycles. The van der Waals surface area contributed by atoms with E-state index in [1.807, 2.05) is 6.07 Å². The Morgan fingerprint density at radius 1 is 1.35 bits per heavy atom. The van der Waals surface area contributed by atoms with Gasteiger partial charge in [-0.2, -0.15) is 4.98 Å². The van der Waals surface area contributed by atoms with Crippen LogP contribution < -0.4 is 10.1 Å². The summed E-state index contributed by atoms with van der Waals surface area (Å²) in [5.74, 6) is 3.09. The van der Waals surface area contributed by atoms with Crippen LogP contribution in [0.4, 0.5) is 5.82 Å². The molecule has 5 heteroatoms. The summed E-state index contributed by atoms with van der Waals surface area (Å²) in [5.41, 5.74) is 0. The third-order valence-electron chi connectivity index (χ3n) is 3.20. The van der Waals surface area contributed by atoms with Crippen LogP contribution in [0.3, 0.4) is 0 Å². The molecule has 20 heavy (non-hydrogen) atoms. The highest BCUT2D eigenvalue weighted by molar-refractivity contribution is 5.39. The van der Waals surface area contributed by atoms with Crippen LogP contribution in [0.5, 0.6) is 5.88 Å². The highest BCUT2D eigenvalue weighted by Gasteiger charge is 2.27. The fourth-order valence-corrected chi connectivity index (χ4v) is 1.95.